The van der Waals surface area contributed by atoms with E-state index in [1.54, 1.807) is 18.2 Å². The summed E-state index contributed by atoms with van der Waals surface area (Å²) in [5, 5.41) is 3.61. The number of nitrogens with one attached hydrogen (secondary N) is 1. The lowest BCUT2D eigenvalue weighted by Crippen LogP contribution is -2.55. The lowest BCUT2D eigenvalue weighted by atomic mass is 10.0. The predicted molar refractivity (Wildman–Crippen MR) is 88.0 cm³/mol. The first kappa shape index (κ1) is 16.7. The molecule has 21 heavy (non-hydrogen) atoms. The predicted octanol–water partition coefficient (Wildman–Crippen LogP) is 2.94. The minimum absolute atomic E-state index is 0.0973. The Labute approximate surface area is 138 Å². The number of benzene rings is 1. The average molecular weight is 376 g/mol. The quantitative estimate of drug-likeness (QED) is 0.880. The first-order valence-electron chi connectivity index (χ1n) is 6.96. The van der Waals surface area contributed by atoms with Crippen molar-refractivity contribution in [3.05, 3.63) is 33.3 Å². The van der Waals surface area contributed by atoms with Crippen LogP contribution in [0.2, 0.25) is 5.02 Å². The van der Waals surface area contributed by atoms with E-state index >= 15 is 0 Å². The van der Waals surface area contributed by atoms with E-state index in [0.29, 0.717) is 21.6 Å². The van der Waals surface area contributed by atoms with Crippen molar-refractivity contribution in [3.63, 3.8) is 0 Å². The van der Waals surface area contributed by atoms with E-state index in [1.165, 1.54) is 0 Å². The van der Waals surface area contributed by atoms with Crippen LogP contribution in [0.5, 0.6) is 0 Å². The Bertz CT molecular complexity index is 516. The van der Waals surface area contributed by atoms with Crippen molar-refractivity contribution in [2.75, 3.05) is 32.8 Å². The Hall–Kier alpha value is -0.620. The molecule has 1 aliphatic rings. The monoisotopic (exact) mass is 374 g/mol. The molecule has 1 aliphatic heterocycles. The molecule has 1 aromatic rings. The molecule has 0 aromatic heterocycles. The van der Waals surface area contributed by atoms with Gasteiger partial charge in [0.2, 0.25) is 0 Å². The summed E-state index contributed by atoms with van der Waals surface area (Å²) in [5.74, 6) is -0.0973. The van der Waals surface area contributed by atoms with E-state index in [0.717, 1.165) is 26.3 Å². The molecule has 1 aromatic carbocycles. The second-order valence-corrected chi connectivity index (χ2v) is 7.01. The lowest BCUT2D eigenvalue weighted by Gasteiger charge is -2.40. The van der Waals surface area contributed by atoms with Crippen LogP contribution in [0.15, 0.2) is 22.7 Å². The largest absolute Gasteiger partial charge is 0.379 e. The first-order valence-corrected chi connectivity index (χ1v) is 8.13. The lowest BCUT2D eigenvalue weighted by molar-refractivity contribution is -0.00923. The molecule has 0 atom stereocenters. The third-order valence-electron chi connectivity index (χ3n) is 3.72. The summed E-state index contributed by atoms with van der Waals surface area (Å²) in [6.07, 6.45) is 0. The van der Waals surface area contributed by atoms with Gasteiger partial charge in [0.05, 0.1) is 18.8 Å². The Kier molecular flexibility index (Phi) is 5.66. The van der Waals surface area contributed by atoms with Crippen LogP contribution in [0.4, 0.5) is 0 Å². The molecule has 0 saturated carbocycles. The van der Waals surface area contributed by atoms with E-state index in [2.05, 4.69) is 40.0 Å². The second kappa shape index (κ2) is 7.09. The fourth-order valence-corrected chi connectivity index (χ4v) is 3.21. The van der Waals surface area contributed by atoms with E-state index in [1.807, 2.05) is 0 Å². The number of ether oxygens (including phenoxy) is 1. The third kappa shape index (κ3) is 4.42. The minimum atomic E-state index is -0.0989. The zero-order valence-corrected chi connectivity index (χ0v) is 14.6. The van der Waals surface area contributed by atoms with Crippen molar-refractivity contribution in [3.8, 4) is 0 Å². The number of halogens is 2. The molecule has 0 bridgehead atoms. The van der Waals surface area contributed by atoms with E-state index < -0.39 is 0 Å². The molecule has 2 rings (SSSR count). The number of carbonyl (C=O) groups is 1. The Morgan fingerprint density at radius 2 is 2.10 bits per heavy atom. The zero-order chi connectivity index (χ0) is 15.5. The summed E-state index contributed by atoms with van der Waals surface area (Å²) in [6, 6.07) is 5.17. The van der Waals surface area contributed by atoms with Gasteiger partial charge < -0.3 is 10.1 Å². The van der Waals surface area contributed by atoms with Crippen molar-refractivity contribution in [2.45, 2.75) is 19.4 Å². The van der Waals surface area contributed by atoms with Gasteiger partial charge in [-0.3, -0.25) is 9.69 Å². The average Bonchev–Trinajstić information content (AvgIpc) is 2.46. The van der Waals surface area contributed by atoms with Crippen molar-refractivity contribution in [2.24, 2.45) is 0 Å². The highest BCUT2D eigenvalue weighted by Gasteiger charge is 2.28. The van der Waals surface area contributed by atoms with Gasteiger partial charge in [-0.15, -0.1) is 0 Å². The van der Waals surface area contributed by atoms with Gasteiger partial charge in [-0.05, 0) is 48.0 Å². The Morgan fingerprint density at radius 3 is 2.71 bits per heavy atom. The molecule has 1 amide bonds. The molecule has 6 heteroatoms. The van der Waals surface area contributed by atoms with Crippen LogP contribution in [0, 0.1) is 0 Å². The highest BCUT2D eigenvalue weighted by molar-refractivity contribution is 9.10. The SMILES string of the molecule is CC(C)(CNC(=O)c1ccc(Cl)cc1Br)N1CCOCC1. The maximum Gasteiger partial charge on any atom is 0.252 e. The topological polar surface area (TPSA) is 41.6 Å². The van der Waals surface area contributed by atoms with E-state index in [4.69, 9.17) is 16.3 Å². The van der Waals surface area contributed by atoms with Crippen LogP contribution in [0.25, 0.3) is 0 Å². The van der Waals surface area contributed by atoms with E-state index in [9.17, 15) is 4.79 Å². The number of rotatable bonds is 4. The summed E-state index contributed by atoms with van der Waals surface area (Å²) < 4.78 is 6.07. The van der Waals surface area contributed by atoms with Gasteiger partial charge in [-0.25, -0.2) is 0 Å². The second-order valence-electron chi connectivity index (χ2n) is 5.72. The minimum Gasteiger partial charge on any atom is -0.379 e. The molecule has 0 spiro atoms. The fraction of sp³-hybridized carbons (Fsp3) is 0.533. The number of hydrogen-bond donors (Lipinski definition) is 1. The summed E-state index contributed by atoms with van der Waals surface area (Å²) in [5.41, 5.74) is 0.496. The number of hydrogen-bond acceptors (Lipinski definition) is 3. The van der Waals surface area contributed by atoms with Crippen LogP contribution in [-0.4, -0.2) is 49.2 Å². The van der Waals surface area contributed by atoms with Gasteiger partial charge >= 0.3 is 0 Å². The zero-order valence-electron chi connectivity index (χ0n) is 12.3. The molecule has 1 saturated heterocycles. The van der Waals surface area contributed by atoms with Gasteiger partial charge in [-0.1, -0.05) is 11.6 Å². The molecule has 0 radical (unpaired) electrons. The normalized spacial score (nSPS) is 16.8. The molecule has 1 fully saturated rings. The van der Waals surface area contributed by atoms with Crippen molar-refractivity contribution in [1.82, 2.24) is 10.2 Å². The summed E-state index contributed by atoms with van der Waals surface area (Å²) >= 11 is 9.27. The smallest absolute Gasteiger partial charge is 0.252 e. The molecule has 116 valence electrons. The van der Waals surface area contributed by atoms with Crippen LogP contribution in [-0.2, 0) is 4.74 Å². The summed E-state index contributed by atoms with van der Waals surface area (Å²) in [7, 11) is 0. The Morgan fingerprint density at radius 1 is 1.43 bits per heavy atom. The first-order chi connectivity index (χ1) is 9.90. The van der Waals surface area contributed by atoms with Crippen LogP contribution >= 0.6 is 27.5 Å². The van der Waals surface area contributed by atoms with Crippen molar-refractivity contribution >= 4 is 33.4 Å². The summed E-state index contributed by atoms with van der Waals surface area (Å²) in [6.45, 7) is 8.15. The molecule has 0 aliphatic carbocycles. The van der Waals surface area contributed by atoms with Gasteiger partial charge in [-0.2, -0.15) is 0 Å². The van der Waals surface area contributed by atoms with Gasteiger partial charge in [0.25, 0.3) is 5.91 Å². The maximum atomic E-state index is 12.3. The number of carbonyl (C=O) groups excluding carboxylic acids is 1. The van der Waals surface area contributed by atoms with Crippen molar-refractivity contribution in [1.29, 1.82) is 0 Å². The number of amides is 1. The molecule has 4 nitrogen and oxygen atoms in total. The Balaban J connectivity index is 1.96. The number of nitrogens with zero attached hydrogens (tertiary/aromatic N) is 1. The van der Waals surface area contributed by atoms with Gasteiger partial charge in [0.1, 0.15) is 0 Å². The van der Waals surface area contributed by atoms with Gasteiger partial charge in [0, 0.05) is 34.7 Å². The standard InChI is InChI=1S/C15H20BrClN2O2/c1-15(2,19-5-7-21-8-6-19)10-18-14(20)12-4-3-11(17)9-13(12)16/h3-4,9H,5-8,10H2,1-2H3,(H,18,20). The van der Waals surface area contributed by atoms with Crippen LogP contribution < -0.4 is 5.32 Å². The highest BCUT2D eigenvalue weighted by atomic mass is 79.9. The maximum absolute atomic E-state index is 12.3. The van der Waals surface area contributed by atoms with E-state index in [-0.39, 0.29) is 11.4 Å². The van der Waals surface area contributed by atoms with Crippen LogP contribution in [0.1, 0.15) is 24.2 Å². The third-order valence-corrected chi connectivity index (χ3v) is 4.62. The van der Waals surface area contributed by atoms with Crippen molar-refractivity contribution < 1.29 is 9.53 Å². The highest BCUT2D eigenvalue weighted by Crippen LogP contribution is 2.22. The molecular weight excluding hydrogens is 356 g/mol. The molecule has 0 unspecified atom stereocenters. The molecule has 1 heterocycles. The fourth-order valence-electron chi connectivity index (χ4n) is 2.35. The van der Waals surface area contributed by atoms with Crippen LogP contribution in [0.3, 0.4) is 0 Å². The molecular formula is C15H20BrClN2O2. The number of morpholine rings is 1. The summed E-state index contributed by atoms with van der Waals surface area (Å²) in [4.78, 5) is 14.6. The molecule has 1 N–H and O–H groups in total. The van der Waals surface area contributed by atoms with Gasteiger partial charge in [0.15, 0.2) is 0 Å².